The standard InChI is InChI=1S/C15H12ClN5O/c16-12-4-2-1-3-11(12)7-15(22)20-13-8-14(19-9-18-13)21-6-5-17-10-21/h1-6,8-10H,7H2,(H,18,19,20,22). The molecular weight excluding hydrogens is 302 g/mol. The summed E-state index contributed by atoms with van der Waals surface area (Å²) in [5.41, 5.74) is 0.769. The predicted molar refractivity (Wildman–Crippen MR) is 82.9 cm³/mol. The normalized spacial score (nSPS) is 10.4. The quantitative estimate of drug-likeness (QED) is 0.803. The Kier molecular flexibility index (Phi) is 4.11. The first-order valence-corrected chi connectivity index (χ1v) is 6.94. The van der Waals surface area contributed by atoms with E-state index in [1.54, 1.807) is 35.4 Å². The highest BCUT2D eigenvalue weighted by atomic mass is 35.5. The molecule has 0 radical (unpaired) electrons. The summed E-state index contributed by atoms with van der Waals surface area (Å²) in [6.07, 6.45) is 6.61. The van der Waals surface area contributed by atoms with Crippen LogP contribution in [0.1, 0.15) is 5.56 Å². The Hall–Kier alpha value is -2.73. The molecule has 6 nitrogen and oxygen atoms in total. The average molecular weight is 314 g/mol. The van der Waals surface area contributed by atoms with E-state index in [9.17, 15) is 4.79 Å². The number of rotatable bonds is 4. The summed E-state index contributed by atoms with van der Waals surface area (Å²) in [5, 5.41) is 3.31. The van der Waals surface area contributed by atoms with Crippen LogP contribution in [0.2, 0.25) is 5.02 Å². The minimum Gasteiger partial charge on any atom is -0.310 e. The Labute approximate surface area is 131 Å². The van der Waals surface area contributed by atoms with Gasteiger partial charge in [-0.15, -0.1) is 0 Å². The van der Waals surface area contributed by atoms with Crippen molar-refractivity contribution in [2.24, 2.45) is 0 Å². The number of benzene rings is 1. The molecule has 0 aliphatic rings. The monoisotopic (exact) mass is 313 g/mol. The van der Waals surface area contributed by atoms with Crippen LogP contribution in [0.5, 0.6) is 0 Å². The molecule has 0 bridgehead atoms. The highest BCUT2D eigenvalue weighted by molar-refractivity contribution is 6.31. The van der Waals surface area contributed by atoms with Crippen LogP contribution >= 0.6 is 11.6 Å². The van der Waals surface area contributed by atoms with Crippen molar-refractivity contribution in [1.82, 2.24) is 19.5 Å². The molecule has 0 saturated heterocycles. The maximum absolute atomic E-state index is 12.1. The zero-order valence-corrected chi connectivity index (χ0v) is 12.2. The molecule has 0 aliphatic heterocycles. The largest absolute Gasteiger partial charge is 0.310 e. The summed E-state index contributed by atoms with van der Waals surface area (Å²) in [6, 6.07) is 8.92. The summed E-state index contributed by atoms with van der Waals surface area (Å²) in [7, 11) is 0. The molecular formula is C15H12ClN5O. The van der Waals surface area contributed by atoms with Gasteiger partial charge in [0.15, 0.2) is 0 Å². The molecule has 0 fully saturated rings. The van der Waals surface area contributed by atoms with E-state index in [1.165, 1.54) is 6.33 Å². The van der Waals surface area contributed by atoms with Gasteiger partial charge in [-0.1, -0.05) is 29.8 Å². The van der Waals surface area contributed by atoms with Crippen molar-refractivity contribution in [3.05, 3.63) is 66.0 Å². The molecule has 7 heteroatoms. The maximum Gasteiger partial charge on any atom is 0.230 e. The molecule has 2 aromatic heterocycles. The van der Waals surface area contributed by atoms with Gasteiger partial charge >= 0.3 is 0 Å². The molecule has 2 heterocycles. The summed E-state index contributed by atoms with van der Waals surface area (Å²) in [5.74, 6) is 0.861. The lowest BCUT2D eigenvalue weighted by molar-refractivity contribution is -0.115. The van der Waals surface area contributed by atoms with Gasteiger partial charge in [0.1, 0.15) is 24.3 Å². The molecule has 22 heavy (non-hydrogen) atoms. The number of aromatic nitrogens is 4. The Morgan fingerprint density at radius 1 is 1.27 bits per heavy atom. The highest BCUT2D eigenvalue weighted by Crippen LogP contribution is 2.16. The van der Waals surface area contributed by atoms with Crippen LogP contribution in [-0.2, 0) is 11.2 Å². The first-order chi connectivity index (χ1) is 10.7. The van der Waals surface area contributed by atoms with Gasteiger partial charge in [-0.2, -0.15) is 0 Å². The molecule has 3 aromatic rings. The van der Waals surface area contributed by atoms with Gasteiger partial charge in [0, 0.05) is 23.5 Å². The average Bonchev–Trinajstić information content (AvgIpc) is 3.04. The topological polar surface area (TPSA) is 72.7 Å². The Balaban J connectivity index is 1.72. The smallest absolute Gasteiger partial charge is 0.230 e. The molecule has 3 rings (SSSR count). The Morgan fingerprint density at radius 3 is 2.91 bits per heavy atom. The Bertz CT molecular complexity index is 788. The van der Waals surface area contributed by atoms with E-state index < -0.39 is 0 Å². The van der Waals surface area contributed by atoms with Gasteiger partial charge in [0.05, 0.1) is 6.42 Å². The maximum atomic E-state index is 12.1. The molecule has 1 amide bonds. The van der Waals surface area contributed by atoms with Crippen molar-refractivity contribution in [2.75, 3.05) is 5.32 Å². The second-order valence-electron chi connectivity index (χ2n) is 4.55. The molecule has 1 aromatic carbocycles. The number of imidazole rings is 1. The van der Waals surface area contributed by atoms with Crippen molar-refractivity contribution >= 4 is 23.3 Å². The molecule has 0 unspecified atom stereocenters. The lowest BCUT2D eigenvalue weighted by Gasteiger charge is -2.07. The fourth-order valence-electron chi connectivity index (χ4n) is 1.95. The summed E-state index contributed by atoms with van der Waals surface area (Å²) in [4.78, 5) is 24.2. The van der Waals surface area contributed by atoms with Gasteiger partial charge in [0.2, 0.25) is 5.91 Å². The third-order valence-corrected chi connectivity index (χ3v) is 3.37. The third kappa shape index (κ3) is 3.29. The van der Waals surface area contributed by atoms with Crippen LogP contribution in [0.15, 0.2) is 55.4 Å². The Morgan fingerprint density at radius 2 is 2.14 bits per heavy atom. The fourth-order valence-corrected chi connectivity index (χ4v) is 2.16. The van der Waals surface area contributed by atoms with E-state index in [0.717, 1.165) is 5.56 Å². The fraction of sp³-hybridized carbons (Fsp3) is 0.0667. The summed E-state index contributed by atoms with van der Waals surface area (Å²) in [6.45, 7) is 0. The summed E-state index contributed by atoms with van der Waals surface area (Å²) < 4.78 is 1.73. The van der Waals surface area contributed by atoms with Crippen molar-refractivity contribution in [1.29, 1.82) is 0 Å². The summed E-state index contributed by atoms with van der Waals surface area (Å²) >= 11 is 6.05. The molecule has 0 atom stereocenters. The van der Waals surface area contributed by atoms with Crippen LogP contribution in [-0.4, -0.2) is 25.4 Å². The van der Waals surface area contributed by atoms with E-state index in [4.69, 9.17) is 11.6 Å². The highest BCUT2D eigenvalue weighted by Gasteiger charge is 2.08. The molecule has 0 saturated carbocycles. The molecule has 1 N–H and O–H groups in total. The van der Waals surface area contributed by atoms with Crippen LogP contribution in [0.3, 0.4) is 0 Å². The van der Waals surface area contributed by atoms with E-state index in [0.29, 0.717) is 16.7 Å². The lowest BCUT2D eigenvalue weighted by Crippen LogP contribution is -2.16. The van der Waals surface area contributed by atoms with Crippen molar-refractivity contribution in [3.63, 3.8) is 0 Å². The van der Waals surface area contributed by atoms with Crippen LogP contribution in [0, 0.1) is 0 Å². The van der Waals surface area contributed by atoms with E-state index in [1.807, 2.05) is 18.2 Å². The number of nitrogens with zero attached hydrogens (tertiary/aromatic N) is 4. The number of halogens is 1. The zero-order valence-electron chi connectivity index (χ0n) is 11.5. The number of carbonyl (C=O) groups is 1. The van der Waals surface area contributed by atoms with Gasteiger partial charge in [-0.25, -0.2) is 15.0 Å². The SMILES string of the molecule is O=C(Cc1ccccc1Cl)Nc1cc(-n2ccnc2)ncn1. The van der Waals surface area contributed by atoms with Crippen LogP contribution in [0.25, 0.3) is 5.82 Å². The first-order valence-electron chi connectivity index (χ1n) is 6.56. The van der Waals surface area contributed by atoms with Gasteiger partial charge in [-0.3, -0.25) is 9.36 Å². The predicted octanol–water partition coefficient (Wildman–Crippen LogP) is 2.50. The molecule has 0 aliphatic carbocycles. The third-order valence-electron chi connectivity index (χ3n) is 3.00. The number of carbonyl (C=O) groups excluding carboxylic acids is 1. The number of amides is 1. The number of hydrogen-bond acceptors (Lipinski definition) is 4. The number of anilines is 1. The number of nitrogens with one attached hydrogen (secondary N) is 1. The van der Waals surface area contributed by atoms with E-state index in [-0.39, 0.29) is 12.3 Å². The van der Waals surface area contributed by atoms with Crippen molar-refractivity contribution in [2.45, 2.75) is 6.42 Å². The van der Waals surface area contributed by atoms with Gasteiger partial charge in [0.25, 0.3) is 0 Å². The second-order valence-corrected chi connectivity index (χ2v) is 4.95. The van der Waals surface area contributed by atoms with E-state index in [2.05, 4.69) is 20.3 Å². The number of hydrogen-bond donors (Lipinski definition) is 1. The lowest BCUT2D eigenvalue weighted by atomic mass is 10.1. The second kappa shape index (κ2) is 6.36. The zero-order chi connectivity index (χ0) is 15.4. The van der Waals surface area contributed by atoms with E-state index >= 15 is 0 Å². The molecule has 110 valence electrons. The van der Waals surface area contributed by atoms with Gasteiger partial charge < -0.3 is 5.32 Å². The molecule has 0 spiro atoms. The van der Waals surface area contributed by atoms with Gasteiger partial charge in [-0.05, 0) is 11.6 Å². The van der Waals surface area contributed by atoms with Crippen molar-refractivity contribution < 1.29 is 4.79 Å². The minimum absolute atomic E-state index is 0.185. The minimum atomic E-state index is -0.191. The first kappa shape index (κ1) is 14.2. The van der Waals surface area contributed by atoms with Crippen molar-refractivity contribution in [3.8, 4) is 5.82 Å². The van der Waals surface area contributed by atoms with Crippen LogP contribution < -0.4 is 5.32 Å². The van der Waals surface area contributed by atoms with Crippen LogP contribution in [0.4, 0.5) is 5.82 Å².